The predicted molar refractivity (Wildman–Crippen MR) is 91.4 cm³/mol. The number of rotatable bonds is 2. The van der Waals surface area contributed by atoms with Crippen LogP contribution in [-0.4, -0.2) is 9.97 Å². The molecule has 0 bridgehead atoms. The van der Waals surface area contributed by atoms with Crippen LogP contribution in [0.15, 0.2) is 24.3 Å². The molecule has 0 saturated heterocycles. The maximum absolute atomic E-state index is 6.39. The fourth-order valence-corrected chi connectivity index (χ4v) is 3.46. The zero-order valence-corrected chi connectivity index (χ0v) is 14.1. The number of hydrogen-bond donors (Lipinski definition) is 0. The van der Waals surface area contributed by atoms with Gasteiger partial charge in [-0.1, -0.05) is 31.5 Å². The highest BCUT2D eigenvalue weighted by Gasteiger charge is 2.12. The Kier molecular flexibility index (Phi) is 3.72. The number of benzene rings is 1. The van der Waals surface area contributed by atoms with Crippen molar-refractivity contribution in [3.8, 4) is 10.7 Å². The first-order chi connectivity index (χ1) is 9.95. The van der Waals surface area contributed by atoms with Crippen LogP contribution in [0.25, 0.3) is 21.6 Å². The maximum Gasteiger partial charge on any atom is 0.171 e. The van der Waals surface area contributed by atoms with Crippen LogP contribution in [0.4, 0.5) is 0 Å². The quantitative estimate of drug-likeness (QED) is 0.562. The molecule has 0 aliphatic carbocycles. The Bertz CT molecular complexity index is 802. The van der Waals surface area contributed by atoms with Crippen LogP contribution in [0.1, 0.15) is 35.8 Å². The van der Waals surface area contributed by atoms with E-state index in [2.05, 4.69) is 55.9 Å². The zero-order valence-electron chi connectivity index (χ0n) is 12.6. The first-order valence-corrected chi connectivity index (χ1v) is 8.19. The highest BCUT2D eigenvalue weighted by molar-refractivity contribution is 7.15. The lowest BCUT2D eigenvalue weighted by Gasteiger charge is -2.08. The molecule has 3 aromatic rings. The number of fused-ring (bicyclic) bond motifs is 1. The van der Waals surface area contributed by atoms with Gasteiger partial charge >= 0.3 is 0 Å². The van der Waals surface area contributed by atoms with E-state index in [1.165, 1.54) is 16.0 Å². The van der Waals surface area contributed by atoms with E-state index in [1.54, 1.807) is 11.3 Å². The Balaban J connectivity index is 2.17. The van der Waals surface area contributed by atoms with Crippen molar-refractivity contribution in [1.82, 2.24) is 9.97 Å². The molecule has 4 heteroatoms. The minimum absolute atomic E-state index is 0.465. The lowest BCUT2D eigenvalue weighted by Crippen LogP contribution is -1.93. The standard InChI is InChI=1S/C17H17ClN2S/c1-9(2)12-5-6-14-13(8-12)16(18)20-17(19-14)15-7-10(3)11(4)21-15/h5-9H,1-4H3. The van der Waals surface area contributed by atoms with Crippen LogP contribution in [0, 0.1) is 13.8 Å². The largest absolute Gasteiger partial charge is 0.227 e. The minimum Gasteiger partial charge on any atom is -0.227 e. The van der Waals surface area contributed by atoms with E-state index in [9.17, 15) is 0 Å². The van der Waals surface area contributed by atoms with Crippen molar-refractivity contribution in [2.24, 2.45) is 0 Å². The van der Waals surface area contributed by atoms with Gasteiger partial charge in [-0.3, -0.25) is 0 Å². The lowest BCUT2D eigenvalue weighted by molar-refractivity contribution is 0.868. The van der Waals surface area contributed by atoms with Crippen molar-refractivity contribution < 1.29 is 0 Å². The lowest BCUT2D eigenvalue weighted by atomic mass is 10.0. The summed E-state index contributed by atoms with van der Waals surface area (Å²) in [7, 11) is 0. The van der Waals surface area contributed by atoms with Gasteiger partial charge in [0.15, 0.2) is 5.82 Å². The molecule has 2 heterocycles. The average molecular weight is 317 g/mol. The Hall–Kier alpha value is -1.45. The second-order valence-electron chi connectivity index (χ2n) is 5.62. The second kappa shape index (κ2) is 5.39. The fourth-order valence-electron chi connectivity index (χ4n) is 2.26. The van der Waals surface area contributed by atoms with Gasteiger partial charge in [0.05, 0.1) is 10.4 Å². The third-order valence-electron chi connectivity index (χ3n) is 3.73. The van der Waals surface area contributed by atoms with Crippen LogP contribution in [0.5, 0.6) is 0 Å². The van der Waals surface area contributed by atoms with Crippen molar-refractivity contribution in [1.29, 1.82) is 0 Å². The smallest absolute Gasteiger partial charge is 0.171 e. The molecule has 2 nitrogen and oxygen atoms in total. The molecule has 0 unspecified atom stereocenters. The van der Waals surface area contributed by atoms with E-state index >= 15 is 0 Å². The number of aryl methyl sites for hydroxylation is 2. The molecule has 0 radical (unpaired) electrons. The number of nitrogens with zero attached hydrogens (tertiary/aromatic N) is 2. The molecule has 0 aliphatic rings. The number of thiophene rings is 1. The van der Waals surface area contributed by atoms with E-state index in [1.807, 2.05) is 6.07 Å². The summed E-state index contributed by atoms with van der Waals surface area (Å²) in [5.41, 5.74) is 3.42. The van der Waals surface area contributed by atoms with Crippen LogP contribution in [0.3, 0.4) is 0 Å². The Morgan fingerprint density at radius 3 is 2.48 bits per heavy atom. The zero-order chi connectivity index (χ0) is 15.1. The predicted octanol–water partition coefficient (Wildman–Crippen LogP) is 5.75. The molecule has 21 heavy (non-hydrogen) atoms. The summed E-state index contributed by atoms with van der Waals surface area (Å²) in [5, 5.41) is 1.46. The summed E-state index contributed by atoms with van der Waals surface area (Å²) in [6, 6.07) is 8.37. The van der Waals surface area contributed by atoms with E-state index < -0.39 is 0 Å². The first kappa shape index (κ1) is 14.5. The molecule has 0 aliphatic heterocycles. The molecule has 3 rings (SSSR count). The normalized spacial score (nSPS) is 11.5. The van der Waals surface area contributed by atoms with Crippen LogP contribution in [0.2, 0.25) is 5.15 Å². The Labute approximate surface area is 133 Å². The van der Waals surface area contributed by atoms with Gasteiger partial charge in [-0.2, -0.15) is 0 Å². The molecule has 0 saturated carbocycles. The summed E-state index contributed by atoms with van der Waals surface area (Å²) >= 11 is 8.10. The molecule has 0 fully saturated rings. The number of hydrogen-bond acceptors (Lipinski definition) is 3. The number of halogens is 1. The third kappa shape index (κ3) is 2.68. The molecular formula is C17H17ClN2S. The summed E-state index contributed by atoms with van der Waals surface area (Å²) in [5.74, 6) is 1.18. The third-order valence-corrected chi connectivity index (χ3v) is 5.16. The van der Waals surface area contributed by atoms with Crippen molar-refractivity contribution in [3.05, 3.63) is 45.4 Å². The summed E-state index contributed by atoms with van der Waals surface area (Å²) in [6.07, 6.45) is 0. The van der Waals surface area contributed by atoms with E-state index in [0.29, 0.717) is 16.9 Å². The van der Waals surface area contributed by atoms with Crippen LogP contribution < -0.4 is 0 Å². The van der Waals surface area contributed by atoms with Gasteiger partial charge in [-0.25, -0.2) is 9.97 Å². The molecular weight excluding hydrogens is 300 g/mol. The maximum atomic E-state index is 6.39. The molecule has 0 amide bonds. The van der Waals surface area contributed by atoms with Gasteiger partial charge in [0.2, 0.25) is 0 Å². The minimum atomic E-state index is 0.465. The van der Waals surface area contributed by atoms with Crippen molar-refractivity contribution >= 4 is 33.8 Å². The SMILES string of the molecule is Cc1cc(-c2nc(Cl)c3cc(C(C)C)ccc3n2)sc1C. The molecule has 1 aromatic carbocycles. The van der Waals surface area contributed by atoms with E-state index in [4.69, 9.17) is 11.6 Å². The monoisotopic (exact) mass is 316 g/mol. The van der Waals surface area contributed by atoms with Crippen LogP contribution >= 0.6 is 22.9 Å². The fraction of sp³-hybridized carbons (Fsp3) is 0.294. The second-order valence-corrected chi connectivity index (χ2v) is 7.23. The topological polar surface area (TPSA) is 25.8 Å². The van der Waals surface area contributed by atoms with E-state index in [-0.39, 0.29) is 0 Å². The summed E-state index contributed by atoms with van der Waals surface area (Å²) in [6.45, 7) is 8.55. The Morgan fingerprint density at radius 1 is 1.10 bits per heavy atom. The van der Waals surface area contributed by atoms with Crippen LogP contribution in [-0.2, 0) is 0 Å². The molecule has 108 valence electrons. The van der Waals surface area contributed by atoms with Gasteiger partial charge in [0, 0.05) is 10.3 Å². The first-order valence-electron chi connectivity index (χ1n) is 7.00. The molecule has 2 aromatic heterocycles. The van der Waals surface area contributed by atoms with Gasteiger partial charge < -0.3 is 0 Å². The summed E-state index contributed by atoms with van der Waals surface area (Å²) < 4.78 is 0. The molecule has 0 atom stereocenters. The highest BCUT2D eigenvalue weighted by Crippen LogP contribution is 2.32. The van der Waals surface area contributed by atoms with Gasteiger partial charge in [-0.15, -0.1) is 11.3 Å². The van der Waals surface area contributed by atoms with Gasteiger partial charge in [0.1, 0.15) is 5.15 Å². The van der Waals surface area contributed by atoms with E-state index in [0.717, 1.165) is 15.8 Å². The van der Waals surface area contributed by atoms with Gasteiger partial charge in [0.25, 0.3) is 0 Å². The molecule has 0 spiro atoms. The number of aromatic nitrogens is 2. The van der Waals surface area contributed by atoms with Gasteiger partial charge in [-0.05, 0) is 49.1 Å². The average Bonchev–Trinajstić information content (AvgIpc) is 2.78. The molecule has 0 N–H and O–H groups in total. The van der Waals surface area contributed by atoms with Crippen molar-refractivity contribution in [3.63, 3.8) is 0 Å². The van der Waals surface area contributed by atoms with Crippen molar-refractivity contribution in [2.45, 2.75) is 33.6 Å². The Morgan fingerprint density at radius 2 is 1.86 bits per heavy atom. The highest BCUT2D eigenvalue weighted by atomic mass is 35.5. The van der Waals surface area contributed by atoms with Crippen molar-refractivity contribution in [2.75, 3.05) is 0 Å². The summed E-state index contributed by atoms with van der Waals surface area (Å²) in [4.78, 5) is 11.5.